The van der Waals surface area contributed by atoms with Crippen LogP contribution in [0.5, 0.6) is 0 Å². The van der Waals surface area contributed by atoms with Gasteiger partial charge in [-0.3, -0.25) is 0 Å². The van der Waals surface area contributed by atoms with Crippen LogP contribution in [0.1, 0.15) is 11.1 Å². The number of anilines is 1. The molecule has 0 N–H and O–H groups in total. The number of benzene rings is 1. The highest BCUT2D eigenvalue weighted by molar-refractivity contribution is 9.08. The number of piperazine rings is 1. The minimum Gasteiger partial charge on any atom is -0.368 e. The van der Waals surface area contributed by atoms with Crippen LogP contribution in [0, 0.1) is 0 Å². The lowest BCUT2D eigenvalue weighted by Crippen LogP contribution is -2.45. The van der Waals surface area contributed by atoms with E-state index < -0.39 is 11.7 Å². The van der Waals surface area contributed by atoms with E-state index in [2.05, 4.69) is 20.8 Å². The lowest BCUT2D eigenvalue weighted by atomic mass is 10.1. The highest BCUT2D eigenvalue weighted by Gasteiger charge is 2.35. The Kier molecular flexibility index (Phi) is 4.40. The summed E-state index contributed by atoms with van der Waals surface area (Å²) in [5.41, 5.74) is 0.407. The zero-order valence-corrected chi connectivity index (χ0v) is 12.3. The van der Waals surface area contributed by atoms with Crippen LogP contribution in [-0.2, 0) is 11.5 Å². The first kappa shape index (κ1) is 14.7. The van der Waals surface area contributed by atoms with Crippen molar-refractivity contribution < 1.29 is 13.2 Å². The molecule has 0 radical (unpaired) electrons. The van der Waals surface area contributed by atoms with E-state index in [1.54, 1.807) is 12.1 Å². The van der Waals surface area contributed by atoms with Gasteiger partial charge >= 0.3 is 6.18 Å². The van der Waals surface area contributed by atoms with Gasteiger partial charge in [-0.05, 0) is 24.7 Å². The van der Waals surface area contributed by atoms with E-state index >= 15 is 0 Å². The van der Waals surface area contributed by atoms with E-state index in [9.17, 15) is 13.2 Å². The Morgan fingerprint density at radius 1 is 1.16 bits per heavy atom. The second kappa shape index (κ2) is 5.71. The minimum atomic E-state index is -4.31. The summed E-state index contributed by atoms with van der Waals surface area (Å²) < 4.78 is 39.4. The second-order valence-electron chi connectivity index (χ2n) is 4.77. The van der Waals surface area contributed by atoms with E-state index in [1.807, 2.05) is 11.9 Å². The predicted octanol–water partition coefficient (Wildman–Crippen LogP) is 3.35. The van der Waals surface area contributed by atoms with Crippen molar-refractivity contribution in [3.63, 3.8) is 0 Å². The van der Waals surface area contributed by atoms with Crippen molar-refractivity contribution in [2.24, 2.45) is 0 Å². The van der Waals surface area contributed by atoms with Crippen molar-refractivity contribution in [3.8, 4) is 0 Å². The maximum absolute atomic E-state index is 13.1. The van der Waals surface area contributed by atoms with Gasteiger partial charge in [-0.25, -0.2) is 0 Å². The average Bonchev–Trinajstić information content (AvgIpc) is 2.38. The Morgan fingerprint density at radius 2 is 1.79 bits per heavy atom. The van der Waals surface area contributed by atoms with Gasteiger partial charge in [0.15, 0.2) is 0 Å². The summed E-state index contributed by atoms with van der Waals surface area (Å²) in [5, 5.41) is 0.430. The number of likely N-dealkylation sites (N-methyl/N-ethyl adjacent to an activating group) is 1. The quantitative estimate of drug-likeness (QED) is 0.764. The Labute approximate surface area is 119 Å². The fourth-order valence-electron chi connectivity index (χ4n) is 2.22. The Balaban J connectivity index is 2.34. The zero-order chi connectivity index (χ0) is 14.0. The third kappa shape index (κ3) is 3.42. The van der Waals surface area contributed by atoms with Crippen LogP contribution in [0.15, 0.2) is 18.2 Å². The monoisotopic (exact) mass is 336 g/mol. The first-order valence-corrected chi connectivity index (χ1v) is 7.23. The molecule has 0 aliphatic carbocycles. The molecule has 1 fully saturated rings. The van der Waals surface area contributed by atoms with Crippen LogP contribution < -0.4 is 4.90 Å². The number of rotatable bonds is 2. The van der Waals surface area contributed by atoms with Crippen LogP contribution in [0.2, 0.25) is 0 Å². The van der Waals surface area contributed by atoms with Crippen molar-refractivity contribution in [1.82, 2.24) is 4.90 Å². The molecule has 0 atom stereocenters. The van der Waals surface area contributed by atoms with Crippen molar-refractivity contribution in [2.75, 3.05) is 38.1 Å². The fourth-order valence-corrected chi connectivity index (χ4v) is 2.57. The lowest BCUT2D eigenvalue weighted by molar-refractivity contribution is -0.137. The molecule has 1 aliphatic rings. The van der Waals surface area contributed by atoms with Gasteiger partial charge in [0.05, 0.1) is 5.56 Å². The molecule has 1 aromatic carbocycles. The second-order valence-corrected chi connectivity index (χ2v) is 5.33. The lowest BCUT2D eigenvalue weighted by Gasteiger charge is -2.35. The predicted molar refractivity (Wildman–Crippen MR) is 73.8 cm³/mol. The number of alkyl halides is 4. The molecular formula is C13H16BrF3N2. The summed E-state index contributed by atoms with van der Waals surface area (Å²) in [5.74, 6) is 0. The molecule has 1 heterocycles. The van der Waals surface area contributed by atoms with Crippen molar-refractivity contribution in [2.45, 2.75) is 11.5 Å². The van der Waals surface area contributed by atoms with Crippen LogP contribution >= 0.6 is 15.9 Å². The molecule has 2 rings (SSSR count). The molecule has 0 bridgehead atoms. The molecule has 0 spiro atoms. The number of nitrogens with zero attached hydrogens (tertiary/aromatic N) is 2. The average molecular weight is 337 g/mol. The molecule has 2 nitrogen and oxygen atoms in total. The Bertz CT molecular complexity index is 440. The summed E-state index contributed by atoms with van der Waals surface area (Å²) in [6, 6.07) is 4.57. The van der Waals surface area contributed by atoms with Crippen molar-refractivity contribution in [3.05, 3.63) is 29.3 Å². The van der Waals surface area contributed by atoms with Gasteiger partial charge in [0, 0.05) is 37.2 Å². The van der Waals surface area contributed by atoms with Gasteiger partial charge in [-0.15, -0.1) is 0 Å². The molecule has 1 saturated heterocycles. The number of halogens is 4. The van der Waals surface area contributed by atoms with E-state index in [0.29, 0.717) is 29.7 Å². The smallest absolute Gasteiger partial charge is 0.368 e. The highest BCUT2D eigenvalue weighted by Crippen LogP contribution is 2.37. The van der Waals surface area contributed by atoms with E-state index in [1.165, 1.54) is 6.07 Å². The van der Waals surface area contributed by atoms with Gasteiger partial charge in [0.25, 0.3) is 0 Å². The molecular weight excluding hydrogens is 321 g/mol. The molecule has 0 aromatic heterocycles. The normalized spacial score (nSPS) is 17.8. The SMILES string of the molecule is CN1CCN(c2ccc(CBr)cc2C(F)(F)F)CC1. The molecule has 19 heavy (non-hydrogen) atoms. The minimum absolute atomic E-state index is 0.297. The fraction of sp³-hybridized carbons (Fsp3) is 0.538. The van der Waals surface area contributed by atoms with Crippen LogP contribution in [0.3, 0.4) is 0 Å². The van der Waals surface area contributed by atoms with Gasteiger partial charge in [0.2, 0.25) is 0 Å². The Hall–Kier alpha value is -0.750. The topological polar surface area (TPSA) is 6.48 Å². The van der Waals surface area contributed by atoms with Crippen molar-refractivity contribution in [1.29, 1.82) is 0 Å². The van der Waals surface area contributed by atoms with Gasteiger partial charge < -0.3 is 9.80 Å². The maximum Gasteiger partial charge on any atom is 0.418 e. The van der Waals surface area contributed by atoms with E-state index in [-0.39, 0.29) is 0 Å². The third-order valence-electron chi connectivity index (χ3n) is 3.36. The molecule has 1 aliphatic heterocycles. The Morgan fingerprint density at radius 3 is 2.32 bits per heavy atom. The summed E-state index contributed by atoms with van der Waals surface area (Å²) in [7, 11) is 1.98. The number of hydrogen-bond acceptors (Lipinski definition) is 2. The molecule has 1 aromatic rings. The zero-order valence-electron chi connectivity index (χ0n) is 10.7. The molecule has 106 valence electrons. The maximum atomic E-state index is 13.1. The van der Waals surface area contributed by atoms with Gasteiger partial charge in [-0.1, -0.05) is 22.0 Å². The summed E-state index contributed by atoms with van der Waals surface area (Å²) >= 11 is 3.20. The van der Waals surface area contributed by atoms with E-state index in [0.717, 1.165) is 13.1 Å². The summed E-state index contributed by atoms with van der Waals surface area (Å²) in [6.45, 7) is 2.84. The van der Waals surface area contributed by atoms with Gasteiger partial charge in [0.1, 0.15) is 0 Å². The highest BCUT2D eigenvalue weighted by atomic mass is 79.9. The summed E-state index contributed by atoms with van der Waals surface area (Å²) in [4.78, 5) is 3.94. The number of hydrogen-bond donors (Lipinski definition) is 0. The largest absolute Gasteiger partial charge is 0.418 e. The first-order valence-electron chi connectivity index (χ1n) is 6.11. The molecule has 0 amide bonds. The van der Waals surface area contributed by atoms with Crippen LogP contribution in [0.4, 0.5) is 18.9 Å². The standard InChI is InChI=1S/C13H16BrF3N2/c1-18-4-6-19(7-5-18)12-3-2-10(9-14)8-11(12)13(15,16)17/h2-3,8H,4-7,9H2,1H3. The van der Waals surface area contributed by atoms with E-state index in [4.69, 9.17) is 0 Å². The first-order chi connectivity index (χ1) is 8.91. The van der Waals surface area contributed by atoms with Crippen LogP contribution in [-0.4, -0.2) is 38.1 Å². The van der Waals surface area contributed by atoms with Gasteiger partial charge in [-0.2, -0.15) is 13.2 Å². The molecule has 0 saturated carbocycles. The van der Waals surface area contributed by atoms with Crippen molar-refractivity contribution >= 4 is 21.6 Å². The third-order valence-corrected chi connectivity index (χ3v) is 4.01. The molecule has 6 heteroatoms. The van der Waals surface area contributed by atoms with Crippen LogP contribution in [0.25, 0.3) is 0 Å². The molecule has 0 unspecified atom stereocenters. The summed E-state index contributed by atoms with van der Waals surface area (Å²) in [6.07, 6.45) is -4.31.